The predicted molar refractivity (Wildman–Crippen MR) is 67.0 cm³/mol. The molecule has 1 amide bonds. The van der Waals surface area contributed by atoms with Gasteiger partial charge in [-0.15, -0.1) is 0 Å². The van der Waals surface area contributed by atoms with Crippen molar-refractivity contribution in [2.45, 2.75) is 38.5 Å². The standard InChI is InChI=1S/C13H20N4O/c14-7-9-17(10-8-15)12(18)13(11-16)5-3-1-2-4-6-13/h1-6,9-11,16H2. The summed E-state index contributed by atoms with van der Waals surface area (Å²) in [5.41, 5.74) is 5.27. The molecule has 0 unspecified atom stereocenters. The molecule has 1 aliphatic rings. The molecule has 0 aromatic carbocycles. The Morgan fingerprint density at radius 1 is 1.11 bits per heavy atom. The summed E-state index contributed by atoms with van der Waals surface area (Å²) in [4.78, 5) is 13.9. The molecular weight excluding hydrogens is 228 g/mol. The van der Waals surface area contributed by atoms with E-state index in [1.54, 1.807) is 0 Å². The Bertz CT molecular complexity index is 342. The normalized spacial score (nSPS) is 18.2. The van der Waals surface area contributed by atoms with Crippen LogP contribution in [0.3, 0.4) is 0 Å². The molecule has 0 radical (unpaired) electrons. The molecule has 0 saturated heterocycles. The molecule has 0 aliphatic heterocycles. The van der Waals surface area contributed by atoms with E-state index in [0.717, 1.165) is 38.5 Å². The van der Waals surface area contributed by atoms with E-state index in [1.807, 2.05) is 12.1 Å². The summed E-state index contributed by atoms with van der Waals surface area (Å²) in [5.74, 6) is -0.116. The highest BCUT2D eigenvalue weighted by atomic mass is 16.2. The summed E-state index contributed by atoms with van der Waals surface area (Å²) >= 11 is 0. The fraction of sp³-hybridized carbons (Fsp3) is 0.769. The Labute approximate surface area is 108 Å². The quantitative estimate of drug-likeness (QED) is 0.596. The van der Waals surface area contributed by atoms with Crippen molar-refractivity contribution < 1.29 is 4.79 Å². The number of hydrogen-bond donors (Lipinski definition) is 1. The van der Waals surface area contributed by atoms with E-state index < -0.39 is 5.41 Å². The topological polar surface area (TPSA) is 93.9 Å². The van der Waals surface area contributed by atoms with Crippen LogP contribution in [-0.2, 0) is 4.79 Å². The minimum Gasteiger partial charge on any atom is -0.329 e. The van der Waals surface area contributed by atoms with Gasteiger partial charge in [-0.1, -0.05) is 25.7 Å². The molecule has 0 atom stereocenters. The summed E-state index contributed by atoms with van der Waals surface area (Å²) in [7, 11) is 0. The molecule has 98 valence electrons. The highest BCUT2D eigenvalue weighted by Crippen LogP contribution is 2.35. The van der Waals surface area contributed by atoms with Gasteiger partial charge in [0.05, 0.1) is 17.6 Å². The van der Waals surface area contributed by atoms with E-state index in [2.05, 4.69) is 0 Å². The number of amides is 1. The lowest BCUT2D eigenvalue weighted by atomic mass is 9.79. The van der Waals surface area contributed by atoms with Crippen molar-refractivity contribution in [1.29, 1.82) is 10.5 Å². The van der Waals surface area contributed by atoms with Gasteiger partial charge in [0.1, 0.15) is 13.1 Å². The van der Waals surface area contributed by atoms with E-state index in [0.29, 0.717) is 6.54 Å². The highest BCUT2D eigenvalue weighted by molar-refractivity contribution is 5.83. The van der Waals surface area contributed by atoms with E-state index in [9.17, 15) is 4.79 Å². The average Bonchev–Trinajstić information content (AvgIpc) is 2.64. The molecule has 1 aliphatic carbocycles. The van der Waals surface area contributed by atoms with Crippen LogP contribution in [0.25, 0.3) is 0 Å². The summed E-state index contributed by atoms with van der Waals surface area (Å²) in [5, 5.41) is 17.5. The Morgan fingerprint density at radius 3 is 2.00 bits per heavy atom. The third kappa shape index (κ3) is 3.21. The third-order valence-electron chi connectivity index (χ3n) is 3.72. The summed E-state index contributed by atoms with van der Waals surface area (Å²) in [6.45, 7) is 0.238. The van der Waals surface area contributed by atoms with Gasteiger partial charge in [-0.3, -0.25) is 4.79 Å². The molecule has 0 heterocycles. The molecule has 1 fully saturated rings. The molecule has 5 nitrogen and oxygen atoms in total. The maximum absolute atomic E-state index is 12.5. The zero-order valence-corrected chi connectivity index (χ0v) is 10.7. The summed E-state index contributed by atoms with van der Waals surface area (Å²) < 4.78 is 0. The molecule has 2 N–H and O–H groups in total. The van der Waals surface area contributed by atoms with Gasteiger partial charge < -0.3 is 10.6 Å². The number of carbonyl (C=O) groups excluding carboxylic acids is 1. The van der Waals surface area contributed by atoms with Gasteiger partial charge in [0.25, 0.3) is 0 Å². The van der Waals surface area contributed by atoms with E-state index >= 15 is 0 Å². The van der Waals surface area contributed by atoms with Gasteiger partial charge in [0, 0.05) is 6.54 Å². The fourth-order valence-electron chi connectivity index (χ4n) is 2.62. The van der Waals surface area contributed by atoms with Crippen molar-refractivity contribution >= 4 is 5.91 Å². The predicted octanol–water partition coefficient (Wildman–Crippen LogP) is 1.16. The molecule has 1 rings (SSSR count). The Kier molecular flexibility index (Phi) is 5.61. The Morgan fingerprint density at radius 2 is 1.61 bits per heavy atom. The second-order valence-electron chi connectivity index (χ2n) is 4.88. The van der Waals surface area contributed by atoms with Crippen LogP contribution in [0, 0.1) is 28.1 Å². The molecule has 0 bridgehead atoms. The van der Waals surface area contributed by atoms with Crippen LogP contribution in [0.4, 0.5) is 0 Å². The van der Waals surface area contributed by atoms with Gasteiger partial charge in [-0.05, 0) is 12.8 Å². The van der Waals surface area contributed by atoms with Crippen LogP contribution in [0.1, 0.15) is 38.5 Å². The lowest BCUT2D eigenvalue weighted by Gasteiger charge is -2.34. The van der Waals surface area contributed by atoms with E-state index in [-0.39, 0.29) is 19.0 Å². The number of nitrogens with two attached hydrogens (primary N) is 1. The van der Waals surface area contributed by atoms with Gasteiger partial charge >= 0.3 is 0 Å². The van der Waals surface area contributed by atoms with Crippen molar-refractivity contribution in [3.8, 4) is 12.1 Å². The van der Waals surface area contributed by atoms with Crippen LogP contribution in [0.2, 0.25) is 0 Å². The lowest BCUT2D eigenvalue weighted by molar-refractivity contribution is -0.141. The van der Waals surface area contributed by atoms with Crippen molar-refractivity contribution in [2.24, 2.45) is 11.1 Å². The van der Waals surface area contributed by atoms with Gasteiger partial charge in [-0.25, -0.2) is 0 Å². The highest BCUT2D eigenvalue weighted by Gasteiger charge is 2.39. The van der Waals surface area contributed by atoms with Crippen LogP contribution >= 0.6 is 0 Å². The first kappa shape index (κ1) is 14.5. The maximum atomic E-state index is 12.5. The maximum Gasteiger partial charge on any atom is 0.231 e. The molecular formula is C13H20N4O. The Balaban J connectivity index is 2.87. The van der Waals surface area contributed by atoms with Gasteiger partial charge in [0.2, 0.25) is 5.91 Å². The third-order valence-corrected chi connectivity index (χ3v) is 3.72. The van der Waals surface area contributed by atoms with Crippen molar-refractivity contribution in [2.75, 3.05) is 19.6 Å². The summed E-state index contributed by atoms with van der Waals surface area (Å²) in [6, 6.07) is 3.89. The van der Waals surface area contributed by atoms with E-state index in [1.165, 1.54) is 4.90 Å². The molecule has 0 aromatic heterocycles. The number of hydrogen-bond acceptors (Lipinski definition) is 4. The first-order chi connectivity index (χ1) is 8.70. The fourth-order valence-corrected chi connectivity index (χ4v) is 2.62. The SMILES string of the molecule is N#CCN(CC#N)C(=O)C1(CN)CCCCCC1. The van der Waals surface area contributed by atoms with Crippen LogP contribution < -0.4 is 5.73 Å². The second-order valence-corrected chi connectivity index (χ2v) is 4.88. The number of carbonyl (C=O) groups is 1. The average molecular weight is 248 g/mol. The first-order valence-corrected chi connectivity index (χ1v) is 6.43. The van der Waals surface area contributed by atoms with Crippen LogP contribution in [-0.4, -0.2) is 30.4 Å². The van der Waals surface area contributed by atoms with Crippen LogP contribution in [0.15, 0.2) is 0 Å². The molecule has 0 spiro atoms. The zero-order valence-electron chi connectivity index (χ0n) is 10.7. The zero-order chi connectivity index (χ0) is 13.4. The molecule has 5 heteroatoms. The minimum atomic E-state index is -0.551. The molecule has 1 saturated carbocycles. The van der Waals surface area contributed by atoms with Crippen molar-refractivity contribution in [3.63, 3.8) is 0 Å². The molecule has 0 aromatic rings. The monoisotopic (exact) mass is 248 g/mol. The van der Waals surface area contributed by atoms with Crippen molar-refractivity contribution in [3.05, 3.63) is 0 Å². The number of nitrogens with zero attached hydrogens (tertiary/aromatic N) is 3. The number of rotatable bonds is 4. The van der Waals surface area contributed by atoms with Gasteiger partial charge in [-0.2, -0.15) is 10.5 Å². The van der Waals surface area contributed by atoms with E-state index in [4.69, 9.17) is 16.3 Å². The summed E-state index contributed by atoms with van der Waals surface area (Å²) in [6.07, 6.45) is 5.80. The smallest absolute Gasteiger partial charge is 0.231 e. The first-order valence-electron chi connectivity index (χ1n) is 6.43. The second kappa shape index (κ2) is 6.98. The van der Waals surface area contributed by atoms with Gasteiger partial charge in [0.15, 0.2) is 0 Å². The largest absolute Gasteiger partial charge is 0.329 e. The minimum absolute atomic E-state index is 0.0336. The molecule has 18 heavy (non-hydrogen) atoms. The van der Waals surface area contributed by atoms with Crippen LogP contribution in [0.5, 0.6) is 0 Å². The Hall–Kier alpha value is -1.59. The van der Waals surface area contributed by atoms with Crippen molar-refractivity contribution in [1.82, 2.24) is 4.90 Å². The lowest BCUT2D eigenvalue weighted by Crippen LogP contribution is -2.48. The number of nitriles is 2.